The molecular weight excluding hydrogens is 203 g/mol. The summed E-state index contributed by atoms with van der Waals surface area (Å²) in [7, 11) is 0. The first kappa shape index (κ1) is 10.3. The number of hydrogen-bond acceptors (Lipinski definition) is 2. The fraction of sp³-hybridized carbons (Fsp3) is 0.0769. The van der Waals surface area contributed by atoms with E-state index in [2.05, 4.69) is 4.98 Å². The molecule has 0 unspecified atom stereocenters. The third kappa shape index (κ3) is 1.91. The van der Waals surface area contributed by atoms with Crippen molar-refractivity contribution in [3.63, 3.8) is 0 Å². The molecule has 2 rings (SSSR count). The Bertz CT molecular complexity index is 553. The van der Waals surface area contributed by atoms with Crippen LogP contribution in [0.3, 0.4) is 0 Å². The summed E-state index contributed by atoms with van der Waals surface area (Å²) in [6.07, 6.45) is 1.52. The fourth-order valence-corrected chi connectivity index (χ4v) is 1.55. The molecule has 0 aliphatic rings. The van der Waals surface area contributed by atoms with Crippen LogP contribution in [0, 0.1) is 24.1 Å². The summed E-state index contributed by atoms with van der Waals surface area (Å²) in [4.78, 5) is 4.20. The summed E-state index contributed by atoms with van der Waals surface area (Å²) in [5.41, 5.74) is 3.07. The number of rotatable bonds is 1. The molecule has 2 nitrogen and oxygen atoms in total. The highest BCUT2D eigenvalue weighted by molar-refractivity contribution is 5.63. The summed E-state index contributed by atoms with van der Waals surface area (Å²) in [6, 6.07) is 9.95. The van der Waals surface area contributed by atoms with E-state index in [9.17, 15) is 4.39 Å². The Balaban J connectivity index is 2.49. The molecule has 0 aliphatic heterocycles. The number of benzene rings is 1. The maximum Gasteiger partial charge on any atom is 0.123 e. The SMILES string of the molecule is Cc1cc(C#N)cnc1-c1ccc(F)cc1. The summed E-state index contributed by atoms with van der Waals surface area (Å²) < 4.78 is 12.8. The molecule has 1 aromatic heterocycles. The number of aromatic nitrogens is 1. The highest BCUT2D eigenvalue weighted by atomic mass is 19.1. The van der Waals surface area contributed by atoms with Gasteiger partial charge in [-0.3, -0.25) is 4.98 Å². The van der Waals surface area contributed by atoms with Crippen LogP contribution in [0.2, 0.25) is 0 Å². The van der Waals surface area contributed by atoms with Crippen LogP contribution in [-0.2, 0) is 0 Å². The molecule has 0 saturated heterocycles. The van der Waals surface area contributed by atoms with E-state index in [-0.39, 0.29) is 5.82 Å². The minimum Gasteiger partial charge on any atom is -0.255 e. The molecule has 0 fully saturated rings. The summed E-state index contributed by atoms with van der Waals surface area (Å²) in [5.74, 6) is -0.268. The zero-order valence-electron chi connectivity index (χ0n) is 8.74. The minimum absolute atomic E-state index is 0.268. The van der Waals surface area contributed by atoms with E-state index in [0.29, 0.717) is 5.56 Å². The Morgan fingerprint density at radius 2 is 1.94 bits per heavy atom. The molecular formula is C13H9FN2. The Labute approximate surface area is 93.0 Å². The van der Waals surface area contributed by atoms with Gasteiger partial charge >= 0.3 is 0 Å². The number of aryl methyl sites for hydroxylation is 1. The molecule has 0 atom stereocenters. The van der Waals surface area contributed by atoms with E-state index in [0.717, 1.165) is 16.8 Å². The number of halogens is 1. The average Bonchev–Trinajstić information content (AvgIpc) is 2.30. The van der Waals surface area contributed by atoms with Crippen LogP contribution in [0.15, 0.2) is 36.5 Å². The lowest BCUT2D eigenvalue weighted by molar-refractivity contribution is 0.628. The van der Waals surface area contributed by atoms with Crippen LogP contribution in [-0.4, -0.2) is 4.98 Å². The maximum atomic E-state index is 12.8. The van der Waals surface area contributed by atoms with Crippen LogP contribution in [0.4, 0.5) is 4.39 Å². The number of pyridine rings is 1. The number of nitrogens with zero attached hydrogens (tertiary/aromatic N) is 2. The van der Waals surface area contributed by atoms with Crippen molar-refractivity contribution in [1.29, 1.82) is 5.26 Å². The predicted octanol–water partition coefficient (Wildman–Crippen LogP) is 3.07. The first-order valence-corrected chi connectivity index (χ1v) is 4.83. The van der Waals surface area contributed by atoms with Gasteiger partial charge in [-0.05, 0) is 42.8 Å². The third-order valence-corrected chi connectivity index (χ3v) is 2.33. The molecule has 0 spiro atoms. The topological polar surface area (TPSA) is 36.7 Å². The second-order valence-electron chi connectivity index (χ2n) is 3.51. The van der Waals surface area contributed by atoms with Crippen molar-refractivity contribution in [1.82, 2.24) is 4.98 Å². The van der Waals surface area contributed by atoms with Crippen LogP contribution < -0.4 is 0 Å². The lowest BCUT2D eigenvalue weighted by Gasteiger charge is -2.04. The second-order valence-corrected chi connectivity index (χ2v) is 3.51. The lowest BCUT2D eigenvalue weighted by atomic mass is 10.1. The standard InChI is InChI=1S/C13H9FN2/c1-9-6-10(7-15)8-16-13(9)11-2-4-12(14)5-3-11/h2-6,8H,1H3. The van der Waals surface area contributed by atoms with Gasteiger partial charge in [0.15, 0.2) is 0 Å². The predicted molar refractivity (Wildman–Crippen MR) is 59.1 cm³/mol. The zero-order chi connectivity index (χ0) is 11.5. The normalized spacial score (nSPS) is 9.81. The van der Waals surface area contributed by atoms with Crippen molar-refractivity contribution in [3.05, 3.63) is 53.5 Å². The van der Waals surface area contributed by atoms with Crippen molar-refractivity contribution in [2.24, 2.45) is 0 Å². The van der Waals surface area contributed by atoms with E-state index in [4.69, 9.17) is 5.26 Å². The van der Waals surface area contributed by atoms with Crippen LogP contribution >= 0.6 is 0 Å². The summed E-state index contributed by atoms with van der Waals surface area (Å²) in [5, 5.41) is 8.72. The van der Waals surface area contributed by atoms with Crippen LogP contribution in [0.25, 0.3) is 11.3 Å². The van der Waals surface area contributed by atoms with Gasteiger partial charge in [-0.2, -0.15) is 5.26 Å². The summed E-state index contributed by atoms with van der Waals surface area (Å²) >= 11 is 0. The smallest absolute Gasteiger partial charge is 0.123 e. The first-order chi connectivity index (χ1) is 7.70. The van der Waals surface area contributed by atoms with Crippen molar-refractivity contribution in [2.75, 3.05) is 0 Å². The van der Waals surface area contributed by atoms with Gasteiger partial charge in [-0.25, -0.2) is 4.39 Å². The van der Waals surface area contributed by atoms with Gasteiger partial charge in [0, 0.05) is 11.8 Å². The highest BCUT2D eigenvalue weighted by Gasteiger charge is 2.04. The fourth-order valence-electron chi connectivity index (χ4n) is 1.55. The summed E-state index contributed by atoms with van der Waals surface area (Å²) in [6.45, 7) is 1.88. The molecule has 0 aliphatic carbocycles. The molecule has 2 aromatic rings. The average molecular weight is 212 g/mol. The van der Waals surface area contributed by atoms with E-state index in [1.807, 2.05) is 13.0 Å². The van der Waals surface area contributed by atoms with Gasteiger partial charge in [0.1, 0.15) is 11.9 Å². The molecule has 0 saturated carbocycles. The monoisotopic (exact) mass is 212 g/mol. The van der Waals surface area contributed by atoms with Gasteiger partial charge in [0.2, 0.25) is 0 Å². The Morgan fingerprint density at radius 1 is 1.25 bits per heavy atom. The van der Waals surface area contributed by atoms with E-state index < -0.39 is 0 Å². The zero-order valence-corrected chi connectivity index (χ0v) is 8.74. The molecule has 1 heterocycles. The highest BCUT2D eigenvalue weighted by Crippen LogP contribution is 2.21. The Kier molecular flexibility index (Phi) is 2.65. The van der Waals surface area contributed by atoms with E-state index in [1.54, 1.807) is 18.2 Å². The molecule has 0 bridgehead atoms. The van der Waals surface area contributed by atoms with E-state index >= 15 is 0 Å². The van der Waals surface area contributed by atoms with Crippen molar-refractivity contribution < 1.29 is 4.39 Å². The van der Waals surface area contributed by atoms with E-state index in [1.165, 1.54) is 18.3 Å². The first-order valence-electron chi connectivity index (χ1n) is 4.83. The molecule has 78 valence electrons. The number of hydrogen-bond donors (Lipinski definition) is 0. The molecule has 1 aromatic carbocycles. The second kappa shape index (κ2) is 4.11. The van der Waals surface area contributed by atoms with Gasteiger partial charge in [0.25, 0.3) is 0 Å². The van der Waals surface area contributed by atoms with Crippen molar-refractivity contribution >= 4 is 0 Å². The molecule has 3 heteroatoms. The van der Waals surface area contributed by atoms with Gasteiger partial charge in [-0.15, -0.1) is 0 Å². The van der Waals surface area contributed by atoms with Gasteiger partial charge in [-0.1, -0.05) is 0 Å². The largest absolute Gasteiger partial charge is 0.255 e. The third-order valence-electron chi connectivity index (χ3n) is 2.33. The molecule has 0 radical (unpaired) electrons. The lowest BCUT2D eigenvalue weighted by Crippen LogP contribution is -1.90. The quantitative estimate of drug-likeness (QED) is 0.728. The van der Waals surface area contributed by atoms with Crippen LogP contribution in [0.5, 0.6) is 0 Å². The van der Waals surface area contributed by atoms with Crippen LogP contribution in [0.1, 0.15) is 11.1 Å². The van der Waals surface area contributed by atoms with Crippen molar-refractivity contribution in [3.8, 4) is 17.3 Å². The number of nitriles is 1. The Morgan fingerprint density at radius 3 is 2.50 bits per heavy atom. The van der Waals surface area contributed by atoms with Gasteiger partial charge < -0.3 is 0 Å². The minimum atomic E-state index is -0.268. The molecule has 16 heavy (non-hydrogen) atoms. The molecule has 0 N–H and O–H groups in total. The Hall–Kier alpha value is -2.21. The van der Waals surface area contributed by atoms with Crippen molar-refractivity contribution in [2.45, 2.75) is 6.92 Å². The maximum absolute atomic E-state index is 12.8. The van der Waals surface area contributed by atoms with Gasteiger partial charge in [0.05, 0.1) is 11.3 Å². The molecule has 0 amide bonds.